The fraction of sp³-hybridized carbons (Fsp3) is 0.263. The molecule has 0 saturated heterocycles. The van der Waals surface area contributed by atoms with Gasteiger partial charge in [0, 0.05) is 12.1 Å². The SMILES string of the molecule is COC(=O)c1cccc(N(CCNC(=O)c2ccccc2C)S(C)(=O)=O)c1. The van der Waals surface area contributed by atoms with Gasteiger partial charge in [0.05, 0.1) is 31.2 Å². The summed E-state index contributed by atoms with van der Waals surface area (Å²) in [6.07, 6.45) is 1.07. The van der Waals surface area contributed by atoms with E-state index in [1.807, 2.05) is 19.1 Å². The second-order valence-electron chi connectivity index (χ2n) is 5.95. The zero-order chi connectivity index (χ0) is 20.0. The molecule has 2 aromatic carbocycles. The minimum atomic E-state index is -3.61. The van der Waals surface area contributed by atoms with Gasteiger partial charge >= 0.3 is 5.97 Å². The van der Waals surface area contributed by atoms with Crippen LogP contribution >= 0.6 is 0 Å². The lowest BCUT2D eigenvalue weighted by molar-refractivity contribution is 0.0600. The molecule has 0 atom stereocenters. The smallest absolute Gasteiger partial charge is 0.337 e. The topological polar surface area (TPSA) is 92.8 Å². The maximum Gasteiger partial charge on any atom is 0.337 e. The second-order valence-corrected chi connectivity index (χ2v) is 7.85. The monoisotopic (exact) mass is 390 g/mol. The fourth-order valence-corrected chi connectivity index (χ4v) is 3.51. The van der Waals surface area contributed by atoms with E-state index in [0.717, 1.165) is 16.1 Å². The standard InChI is InChI=1S/C19H22N2O5S/c1-14-7-4-5-10-17(14)18(22)20-11-12-21(27(3,24)25)16-9-6-8-15(13-16)19(23)26-2/h4-10,13H,11-12H2,1-3H3,(H,20,22). The molecular formula is C19H22N2O5S. The van der Waals surface area contributed by atoms with E-state index in [2.05, 4.69) is 10.1 Å². The third-order valence-electron chi connectivity index (χ3n) is 3.95. The summed E-state index contributed by atoms with van der Waals surface area (Å²) >= 11 is 0. The average molecular weight is 390 g/mol. The summed E-state index contributed by atoms with van der Waals surface area (Å²) in [6, 6.07) is 13.3. The molecule has 27 heavy (non-hydrogen) atoms. The molecule has 1 amide bonds. The predicted molar refractivity (Wildman–Crippen MR) is 103 cm³/mol. The Morgan fingerprint density at radius 2 is 1.81 bits per heavy atom. The number of carbonyl (C=O) groups is 2. The van der Waals surface area contributed by atoms with Crippen LogP contribution in [0.4, 0.5) is 5.69 Å². The van der Waals surface area contributed by atoms with Gasteiger partial charge in [-0.05, 0) is 36.8 Å². The van der Waals surface area contributed by atoms with Gasteiger partial charge in [0.25, 0.3) is 5.91 Å². The fourth-order valence-electron chi connectivity index (χ4n) is 2.59. The van der Waals surface area contributed by atoms with E-state index < -0.39 is 16.0 Å². The maximum atomic E-state index is 12.3. The molecule has 1 N–H and O–H groups in total. The highest BCUT2D eigenvalue weighted by molar-refractivity contribution is 7.92. The van der Waals surface area contributed by atoms with Crippen LogP contribution in [-0.2, 0) is 14.8 Å². The Bertz CT molecular complexity index is 941. The summed E-state index contributed by atoms with van der Waals surface area (Å²) in [4.78, 5) is 24.0. The van der Waals surface area contributed by atoms with Gasteiger partial charge in [0.1, 0.15) is 0 Å². The molecule has 8 heteroatoms. The molecule has 2 aromatic rings. The molecule has 0 heterocycles. The van der Waals surface area contributed by atoms with Crippen LogP contribution in [0.5, 0.6) is 0 Å². The lowest BCUT2D eigenvalue weighted by Crippen LogP contribution is -2.38. The minimum Gasteiger partial charge on any atom is -0.465 e. The van der Waals surface area contributed by atoms with Crippen molar-refractivity contribution >= 4 is 27.6 Å². The van der Waals surface area contributed by atoms with E-state index in [4.69, 9.17) is 0 Å². The number of carbonyl (C=O) groups excluding carboxylic acids is 2. The van der Waals surface area contributed by atoms with E-state index in [0.29, 0.717) is 11.3 Å². The Hall–Kier alpha value is -2.87. The lowest BCUT2D eigenvalue weighted by Gasteiger charge is -2.23. The van der Waals surface area contributed by atoms with Crippen molar-refractivity contribution in [3.8, 4) is 0 Å². The van der Waals surface area contributed by atoms with Crippen LogP contribution in [0.25, 0.3) is 0 Å². The number of sulfonamides is 1. The Kier molecular flexibility index (Phi) is 6.57. The van der Waals surface area contributed by atoms with Gasteiger partial charge < -0.3 is 10.1 Å². The molecule has 0 aromatic heterocycles. The molecule has 0 fully saturated rings. The number of ether oxygens (including phenoxy) is 1. The number of amides is 1. The van der Waals surface area contributed by atoms with Crippen LogP contribution in [0.1, 0.15) is 26.3 Å². The number of benzene rings is 2. The molecule has 0 aliphatic heterocycles. The number of rotatable bonds is 7. The zero-order valence-electron chi connectivity index (χ0n) is 15.4. The van der Waals surface area contributed by atoms with Crippen molar-refractivity contribution in [3.05, 3.63) is 65.2 Å². The van der Waals surface area contributed by atoms with Crippen molar-refractivity contribution in [1.82, 2.24) is 5.32 Å². The number of hydrogen-bond acceptors (Lipinski definition) is 5. The highest BCUT2D eigenvalue weighted by atomic mass is 32.2. The third kappa shape index (κ3) is 5.30. The molecule has 0 aliphatic rings. The van der Waals surface area contributed by atoms with Crippen molar-refractivity contribution in [2.24, 2.45) is 0 Å². The van der Waals surface area contributed by atoms with Crippen LogP contribution in [-0.4, -0.2) is 46.7 Å². The predicted octanol–water partition coefficient (Wildman–Crippen LogP) is 1.98. The second kappa shape index (κ2) is 8.68. The van der Waals surface area contributed by atoms with Crippen LogP contribution < -0.4 is 9.62 Å². The summed E-state index contributed by atoms with van der Waals surface area (Å²) in [5.74, 6) is -0.831. The summed E-state index contributed by atoms with van der Waals surface area (Å²) in [5, 5.41) is 2.72. The minimum absolute atomic E-state index is 0.0288. The van der Waals surface area contributed by atoms with Crippen LogP contribution in [0.3, 0.4) is 0 Å². The first-order chi connectivity index (χ1) is 12.7. The first-order valence-corrected chi connectivity index (χ1v) is 10.1. The van der Waals surface area contributed by atoms with E-state index >= 15 is 0 Å². The number of methoxy groups -OCH3 is 1. The highest BCUT2D eigenvalue weighted by Crippen LogP contribution is 2.19. The summed E-state index contributed by atoms with van der Waals surface area (Å²) in [5.41, 5.74) is 1.94. The van der Waals surface area contributed by atoms with Gasteiger partial charge in [0.2, 0.25) is 10.0 Å². The van der Waals surface area contributed by atoms with Gasteiger partial charge in [-0.15, -0.1) is 0 Å². The molecule has 2 rings (SSSR count). The lowest BCUT2D eigenvalue weighted by atomic mass is 10.1. The molecule has 0 saturated carbocycles. The van der Waals surface area contributed by atoms with Crippen LogP contribution in [0, 0.1) is 6.92 Å². The van der Waals surface area contributed by atoms with E-state index in [1.165, 1.54) is 19.2 Å². The molecule has 0 spiro atoms. The summed E-state index contributed by atoms with van der Waals surface area (Å²) in [7, 11) is -2.35. The van der Waals surface area contributed by atoms with Crippen molar-refractivity contribution in [2.45, 2.75) is 6.92 Å². The summed E-state index contributed by atoms with van der Waals surface area (Å²) < 4.78 is 30.2. The quantitative estimate of drug-likeness (QED) is 0.730. The summed E-state index contributed by atoms with van der Waals surface area (Å²) in [6.45, 7) is 1.97. The average Bonchev–Trinajstić information content (AvgIpc) is 2.63. The Balaban J connectivity index is 2.14. The maximum absolute atomic E-state index is 12.3. The van der Waals surface area contributed by atoms with Crippen LogP contribution in [0.15, 0.2) is 48.5 Å². The Labute approximate surface area is 159 Å². The van der Waals surface area contributed by atoms with Crippen molar-refractivity contribution in [3.63, 3.8) is 0 Å². The highest BCUT2D eigenvalue weighted by Gasteiger charge is 2.19. The zero-order valence-corrected chi connectivity index (χ0v) is 16.2. The molecular weight excluding hydrogens is 368 g/mol. The molecule has 0 radical (unpaired) electrons. The normalized spacial score (nSPS) is 10.9. The number of anilines is 1. The number of aryl methyl sites for hydroxylation is 1. The molecule has 0 bridgehead atoms. The van der Waals surface area contributed by atoms with Gasteiger partial charge in [-0.25, -0.2) is 13.2 Å². The van der Waals surface area contributed by atoms with E-state index in [9.17, 15) is 18.0 Å². The number of nitrogens with zero attached hydrogens (tertiary/aromatic N) is 1. The van der Waals surface area contributed by atoms with Crippen LogP contribution in [0.2, 0.25) is 0 Å². The first kappa shape index (κ1) is 20.4. The molecule has 0 unspecified atom stereocenters. The van der Waals surface area contributed by atoms with Gasteiger partial charge in [0.15, 0.2) is 0 Å². The third-order valence-corrected chi connectivity index (χ3v) is 5.14. The van der Waals surface area contributed by atoms with Gasteiger partial charge in [-0.1, -0.05) is 24.3 Å². The van der Waals surface area contributed by atoms with Crippen molar-refractivity contribution < 1.29 is 22.7 Å². The first-order valence-electron chi connectivity index (χ1n) is 8.24. The molecule has 0 aliphatic carbocycles. The van der Waals surface area contributed by atoms with Gasteiger partial charge in [-0.3, -0.25) is 9.10 Å². The Morgan fingerprint density at radius 3 is 2.44 bits per heavy atom. The largest absolute Gasteiger partial charge is 0.465 e. The van der Waals surface area contributed by atoms with Gasteiger partial charge in [-0.2, -0.15) is 0 Å². The number of nitrogens with one attached hydrogen (secondary N) is 1. The molecule has 7 nitrogen and oxygen atoms in total. The molecule has 144 valence electrons. The van der Waals surface area contributed by atoms with Crippen molar-refractivity contribution in [2.75, 3.05) is 30.8 Å². The van der Waals surface area contributed by atoms with Crippen molar-refractivity contribution in [1.29, 1.82) is 0 Å². The number of esters is 1. The van der Waals surface area contributed by atoms with E-state index in [-0.39, 0.29) is 24.6 Å². The number of hydrogen-bond donors (Lipinski definition) is 1. The Morgan fingerprint density at radius 1 is 1.11 bits per heavy atom. The van der Waals surface area contributed by atoms with E-state index in [1.54, 1.807) is 24.3 Å².